The molecule has 3 rings (SSSR count). The maximum Gasteiger partial charge on any atom is 0.123 e. The first-order valence-corrected chi connectivity index (χ1v) is 7.88. The Balaban J connectivity index is 1.57. The molecule has 0 bridgehead atoms. The van der Waals surface area contributed by atoms with Gasteiger partial charge < -0.3 is 10.1 Å². The zero-order valence-electron chi connectivity index (χ0n) is 11.4. The molecule has 1 atom stereocenters. The molecule has 0 radical (unpaired) electrons. The summed E-state index contributed by atoms with van der Waals surface area (Å²) >= 11 is 3.53. The van der Waals surface area contributed by atoms with Crippen molar-refractivity contribution in [1.29, 1.82) is 0 Å². The summed E-state index contributed by atoms with van der Waals surface area (Å²) in [7, 11) is 2.23. The molecule has 0 spiro atoms. The molecular weight excluding hydrogens is 304 g/mol. The van der Waals surface area contributed by atoms with E-state index in [0.717, 1.165) is 36.3 Å². The fourth-order valence-corrected chi connectivity index (χ4v) is 3.52. The van der Waals surface area contributed by atoms with Gasteiger partial charge in [-0.05, 0) is 56.7 Å². The maximum absolute atomic E-state index is 6.05. The lowest BCUT2D eigenvalue weighted by atomic mass is 10.0. The third kappa shape index (κ3) is 3.12. The van der Waals surface area contributed by atoms with E-state index in [9.17, 15) is 0 Å². The number of rotatable bonds is 3. The van der Waals surface area contributed by atoms with E-state index in [1.165, 1.54) is 18.4 Å². The van der Waals surface area contributed by atoms with Crippen LogP contribution in [0.1, 0.15) is 18.4 Å². The zero-order chi connectivity index (χ0) is 13.2. The third-order valence-corrected chi connectivity index (χ3v) is 4.68. The van der Waals surface area contributed by atoms with Crippen molar-refractivity contribution in [2.45, 2.75) is 31.4 Å². The fourth-order valence-electron chi connectivity index (χ4n) is 3.11. The highest BCUT2D eigenvalue weighted by Crippen LogP contribution is 2.31. The molecule has 1 unspecified atom stereocenters. The summed E-state index contributed by atoms with van der Waals surface area (Å²) in [5, 5.41) is 3.42. The minimum atomic E-state index is 0.309. The average molecular weight is 325 g/mol. The molecule has 0 amide bonds. The molecule has 2 aliphatic heterocycles. The van der Waals surface area contributed by atoms with Gasteiger partial charge in [0.2, 0.25) is 0 Å². The van der Waals surface area contributed by atoms with Gasteiger partial charge >= 0.3 is 0 Å². The second-order valence-electron chi connectivity index (χ2n) is 5.62. The van der Waals surface area contributed by atoms with E-state index in [1.807, 2.05) is 0 Å². The number of halogens is 1. The number of nitrogens with one attached hydrogen (secondary N) is 1. The minimum absolute atomic E-state index is 0.309. The largest absolute Gasteiger partial charge is 0.488 e. The second-order valence-corrected chi connectivity index (χ2v) is 6.53. The highest BCUT2D eigenvalue weighted by atomic mass is 79.9. The Morgan fingerprint density at radius 3 is 2.95 bits per heavy atom. The monoisotopic (exact) mass is 324 g/mol. The van der Waals surface area contributed by atoms with Crippen LogP contribution in [0.3, 0.4) is 0 Å². The molecule has 2 heterocycles. The van der Waals surface area contributed by atoms with E-state index in [1.54, 1.807) is 0 Å². The summed E-state index contributed by atoms with van der Waals surface area (Å²) < 4.78 is 7.19. The first-order chi connectivity index (χ1) is 9.22. The van der Waals surface area contributed by atoms with Crippen molar-refractivity contribution in [3.05, 3.63) is 28.2 Å². The Bertz CT molecular complexity index is 446. The van der Waals surface area contributed by atoms with E-state index in [0.29, 0.717) is 12.1 Å². The second kappa shape index (κ2) is 5.81. The number of benzene rings is 1. The quantitative estimate of drug-likeness (QED) is 0.924. The summed E-state index contributed by atoms with van der Waals surface area (Å²) in [4.78, 5) is 2.48. The number of likely N-dealkylation sites (N-methyl/N-ethyl adjacent to an activating group) is 1. The lowest BCUT2D eigenvalue weighted by Crippen LogP contribution is -2.44. The maximum atomic E-state index is 6.05. The van der Waals surface area contributed by atoms with Gasteiger partial charge in [-0.2, -0.15) is 0 Å². The molecule has 1 aromatic carbocycles. The number of fused-ring (bicyclic) bond motifs is 1. The number of hydrogen-bond donors (Lipinski definition) is 1. The summed E-state index contributed by atoms with van der Waals surface area (Å²) in [6, 6.07) is 7.02. The Morgan fingerprint density at radius 1 is 1.37 bits per heavy atom. The highest BCUT2D eigenvalue weighted by molar-refractivity contribution is 9.10. The van der Waals surface area contributed by atoms with Crippen molar-refractivity contribution >= 4 is 15.9 Å². The van der Waals surface area contributed by atoms with Crippen LogP contribution < -0.4 is 10.1 Å². The fraction of sp³-hybridized carbons (Fsp3) is 0.600. The molecule has 0 aliphatic carbocycles. The predicted molar refractivity (Wildman–Crippen MR) is 80.8 cm³/mol. The molecule has 19 heavy (non-hydrogen) atoms. The molecule has 3 nitrogen and oxygen atoms in total. The van der Waals surface area contributed by atoms with Gasteiger partial charge in [-0.25, -0.2) is 0 Å². The molecular formula is C15H21BrN2O. The van der Waals surface area contributed by atoms with E-state index in [-0.39, 0.29) is 0 Å². The summed E-state index contributed by atoms with van der Waals surface area (Å²) in [5.41, 5.74) is 1.33. The van der Waals surface area contributed by atoms with E-state index < -0.39 is 0 Å². The SMILES string of the molecule is CN(CC1Cc2cc(Br)ccc2O1)C1CCNCC1. The smallest absolute Gasteiger partial charge is 0.123 e. The van der Waals surface area contributed by atoms with Gasteiger partial charge in [-0.1, -0.05) is 15.9 Å². The van der Waals surface area contributed by atoms with Crippen LogP contribution in [0.15, 0.2) is 22.7 Å². The molecule has 0 saturated carbocycles. The van der Waals surface area contributed by atoms with Crippen LogP contribution in [0.5, 0.6) is 5.75 Å². The van der Waals surface area contributed by atoms with E-state index in [2.05, 4.69) is 51.4 Å². The van der Waals surface area contributed by atoms with Crippen molar-refractivity contribution in [3.63, 3.8) is 0 Å². The lowest BCUT2D eigenvalue weighted by Gasteiger charge is -2.32. The van der Waals surface area contributed by atoms with Crippen LogP contribution in [-0.2, 0) is 6.42 Å². The van der Waals surface area contributed by atoms with Gasteiger partial charge in [-0.3, -0.25) is 4.90 Å². The Hall–Kier alpha value is -0.580. The summed E-state index contributed by atoms with van der Waals surface area (Å²) in [6.45, 7) is 3.32. The molecule has 1 fully saturated rings. The average Bonchev–Trinajstić information content (AvgIpc) is 2.81. The molecule has 0 aromatic heterocycles. The molecule has 1 aromatic rings. The van der Waals surface area contributed by atoms with Crippen molar-refractivity contribution in [2.24, 2.45) is 0 Å². The third-order valence-electron chi connectivity index (χ3n) is 4.19. The van der Waals surface area contributed by atoms with Gasteiger partial charge in [0.05, 0.1) is 0 Å². The van der Waals surface area contributed by atoms with Gasteiger partial charge in [-0.15, -0.1) is 0 Å². The Labute approximate surface area is 123 Å². The van der Waals surface area contributed by atoms with Crippen LogP contribution in [-0.4, -0.2) is 43.7 Å². The summed E-state index contributed by atoms with van der Waals surface area (Å²) in [6.07, 6.45) is 3.84. The zero-order valence-corrected chi connectivity index (χ0v) is 12.9. The minimum Gasteiger partial charge on any atom is -0.488 e. The first kappa shape index (κ1) is 13.4. The van der Waals surface area contributed by atoms with Gasteiger partial charge in [0.15, 0.2) is 0 Å². The normalized spacial score (nSPS) is 23.4. The number of nitrogens with zero attached hydrogens (tertiary/aromatic N) is 1. The van der Waals surface area contributed by atoms with Crippen LogP contribution in [0, 0.1) is 0 Å². The van der Waals surface area contributed by atoms with E-state index >= 15 is 0 Å². The molecule has 2 aliphatic rings. The number of piperidine rings is 1. The molecule has 4 heteroatoms. The van der Waals surface area contributed by atoms with Crippen LogP contribution in [0.2, 0.25) is 0 Å². The number of ether oxygens (including phenoxy) is 1. The molecule has 104 valence electrons. The predicted octanol–water partition coefficient (Wildman–Crippen LogP) is 2.44. The lowest BCUT2D eigenvalue weighted by molar-refractivity contribution is 0.123. The van der Waals surface area contributed by atoms with Crippen molar-refractivity contribution in [2.75, 3.05) is 26.7 Å². The van der Waals surface area contributed by atoms with Crippen molar-refractivity contribution < 1.29 is 4.74 Å². The topological polar surface area (TPSA) is 24.5 Å². The highest BCUT2D eigenvalue weighted by Gasteiger charge is 2.26. The van der Waals surface area contributed by atoms with Crippen molar-refractivity contribution in [3.8, 4) is 5.75 Å². The van der Waals surface area contributed by atoms with Crippen LogP contribution in [0.25, 0.3) is 0 Å². The van der Waals surface area contributed by atoms with Gasteiger partial charge in [0.1, 0.15) is 11.9 Å². The number of hydrogen-bond acceptors (Lipinski definition) is 3. The Kier molecular flexibility index (Phi) is 4.10. The first-order valence-electron chi connectivity index (χ1n) is 7.08. The van der Waals surface area contributed by atoms with Gasteiger partial charge in [0, 0.05) is 23.5 Å². The molecule has 1 saturated heterocycles. The van der Waals surface area contributed by atoms with Crippen molar-refractivity contribution in [1.82, 2.24) is 10.2 Å². The standard InChI is InChI=1S/C15H21BrN2O/c1-18(13-4-6-17-7-5-13)10-14-9-11-8-12(16)2-3-15(11)19-14/h2-3,8,13-14,17H,4-7,9-10H2,1H3. The Morgan fingerprint density at radius 2 is 2.16 bits per heavy atom. The van der Waals surface area contributed by atoms with Crippen LogP contribution in [0.4, 0.5) is 0 Å². The summed E-state index contributed by atoms with van der Waals surface area (Å²) in [5.74, 6) is 1.06. The van der Waals surface area contributed by atoms with Gasteiger partial charge in [0.25, 0.3) is 0 Å². The molecule has 1 N–H and O–H groups in total. The van der Waals surface area contributed by atoms with E-state index in [4.69, 9.17) is 4.74 Å². The van der Waals surface area contributed by atoms with Crippen LogP contribution >= 0.6 is 15.9 Å².